The number of nitrogens with one attached hydrogen (secondary N) is 1. The van der Waals surface area contributed by atoms with Gasteiger partial charge in [-0.1, -0.05) is 0 Å². The van der Waals surface area contributed by atoms with Crippen LogP contribution in [0.25, 0.3) is 0 Å². The summed E-state index contributed by atoms with van der Waals surface area (Å²) in [5.41, 5.74) is -1.21. The molecule has 7 nitrogen and oxygen atoms in total. The van der Waals surface area contributed by atoms with Crippen molar-refractivity contribution in [2.45, 2.75) is 31.2 Å². The highest BCUT2D eigenvalue weighted by molar-refractivity contribution is 5.86. The molecule has 2 rings (SSSR count). The Balaban J connectivity index is 1.75. The van der Waals surface area contributed by atoms with Gasteiger partial charge in [0.15, 0.2) is 0 Å². The molecule has 120 valence electrons. The monoisotopic (exact) mass is 300 g/mol. The fourth-order valence-electron chi connectivity index (χ4n) is 2.25. The molecule has 0 spiro atoms. The van der Waals surface area contributed by atoms with Crippen LogP contribution in [0.4, 0.5) is 4.79 Å². The number of hydrogen-bond acceptors (Lipinski definition) is 4. The lowest BCUT2D eigenvalue weighted by Gasteiger charge is -2.35. The molecule has 1 saturated carbocycles. The zero-order valence-electron chi connectivity index (χ0n) is 12.5. The molecule has 2 fully saturated rings. The lowest BCUT2D eigenvalue weighted by molar-refractivity contribution is -0.148. The molecule has 0 aromatic heterocycles. The van der Waals surface area contributed by atoms with Gasteiger partial charge in [0.05, 0.1) is 6.61 Å². The smallest absolute Gasteiger partial charge is 0.329 e. The number of likely N-dealkylation sites (N-methyl/N-ethyl adjacent to an activating group) is 1. The van der Waals surface area contributed by atoms with Crippen LogP contribution < -0.4 is 5.32 Å². The number of rotatable bonds is 7. The summed E-state index contributed by atoms with van der Waals surface area (Å²) in [5, 5.41) is 12.0. The van der Waals surface area contributed by atoms with Crippen LogP contribution in [0.3, 0.4) is 0 Å². The summed E-state index contributed by atoms with van der Waals surface area (Å²) in [7, 11) is 1.64. The van der Waals surface area contributed by atoms with Gasteiger partial charge in [0, 0.05) is 46.3 Å². The molecule has 0 aromatic rings. The molecule has 21 heavy (non-hydrogen) atoms. The van der Waals surface area contributed by atoms with E-state index in [1.54, 1.807) is 7.05 Å². The maximum Gasteiger partial charge on any atom is 0.329 e. The summed E-state index contributed by atoms with van der Waals surface area (Å²) in [4.78, 5) is 25.0. The molecule has 2 amide bonds. The normalized spacial score (nSPS) is 20.8. The SMILES string of the molecule is CN(CCOCC1CC1)C(=O)NC1(C(=O)O)CCOCC1. The molecule has 1 aliphatic carbocycles. The highest BCUT2D eigenvalue weighted by atomic mass is 16.5. The first-order chi connectivity index (χ1) is 10.0. The van der Waals surface area contributed by atoms with Crippen molar-refractivity contribution < 1.29 is 24.2 Å². The van der Waals surface area contributed by atoms with Gasteiger partial charge in [-0.2, -0.15) is 0 Å². The number of urea groups is 1. The van der Waals surface area contributed by atoms with Gasteiger partial charge in [-0.3, -0.25) is 0 Å². The van der Waals surface area contributed by atoms with Crippen molar-refractivity contribution in [2.75, 3.05) is 40.0 Å². The standard InChI is InChI=1S/C14H24N2O5/c1-16(6-9-21-10-11-2-3-11)13(19)15-14(12(17)18)4-7-20-8-5-14/h11H,2-10H2,1H3,(H,15,19)(H,17,18). The Morgan fingerprint density at radius 2 is 2.05 bits per heavy atom. The third-order valence-electron chi connectivity index (χ3n) is 4.07. The van der Waals surface area contributed by atoms with Crippen LogP contribution in [0.15, 0.2) is 0 Å². The number of amides is 2. The highest BCUT2D eigenvalue weighted by Crippen LogP contribution is 2.28. The lowest BCUT2D eigenvalue weighted by atomic mass is 9.90. The largest absolute Gasteiger partial charge is 0.480 e. The Bertz CT molecular complexity index is 378. The highest BCUT2D eigenvalue weighted by Gasteiger charge is 2.42. The molecular weight excluding hydrogens is 276 g/mol. The Hall–Kier alpha value is -1.34. The number of nitrogens with zero attached hydrogens (tertiary/aromatic N) is 1. The quantitative estimate of drug-likeness (QED) is 0.675. The first-order valence-corrected chi connectivity index (χ1v) is 7.46. The lowest BCUT2D eigenvalue weighted by Crippen LogP contribution is -2.60. The van der Waals surface area contributed by atoms with Crippen LogP contribution in [0.2, 0.25) is 0 Å². The van der Waals surface area contributed by atoms with E-state index in [1.165, 1.54) is 17.7 Å². The second-order valence-electron chi connectivity index (χ2n) is 5.87. The molecule has 1 heterocycles. The van der Waals surface area contributed by atoms with Crippen LogP contribution in [0, 0.1) is 5.92 Å². The summed E-state index contributed by atoms with van der Waals surface area (Å²) in [5.74, 6) is -0.306. The maximum absolute atomic E-state index is 12.1. The van der Waals surface area contributed by atoms with Gasteiger partial charge in [0.25, 0.3) is 0 Å². The van der Waals surface area contributed by atoms with E-state index < -0.39 is 11.5 Å². The summed E-state index contributed by atoms with van der Waals surface area (Å²) < 4.78 is 10.7. The fourth-order valence-corrected chi connectivity index (χ4v) is 2.25. The topological polar surface area (TPSA) is 88.1 Å². The van der Waals surface area contributed by atoms with Gasteiger partial charge in [-0.25, -0.2) is 9.59 Å². The predicted octanol–water partition coefficient (Wildman–Crippen LogP) is 0.688. The van der Waals surface area contributed by atoms with Gasteiger partial charge in [-0.05, 0) is 18.8 Å². The van der Waals surface area contributed by atoms with Crippen molar-refractivity contribution in [3.05, 3.63) is 0 Å². The van der Waals surface area contributed by atoms with Gasteiger partial charge in [0.2, 0.25) is 0 Å². The van der Waals surface area contributed by atoms with Gasteiger partial charge in [0.1, 0.15) is 5.54 Å². The Labute approximate surface area is 124 Å². The molecule has 0 aromatic carbocycles. The van der Waals surface area contributed by atoms with Crippen LogP contribution in [0.5, 0.6) is 0 Å². The third kappa shape index (κ3) is 4.57. The second-order valence-corrected chi connectivity index (χ2v) is 5.87. The van der Waals surface area contributed by atoms with E-state index in [4.69, 9.17) is 9.47 Å². The van der Waals surface area contributed by atoms with Crippen molar-refractivity contribution in [3.8, 4) is 0 Å². The number of carboxylic acids is 1. The average Bonchev–Trinajstić information content (AvgIpc) is 3.28. The van der Waals surface area contributed by atoms with Crippen molar-refractivity contribution in [1.82, 2.24) is 10.2 Å². The molecule has 0 atom stereocenters. The van der Waals surface area contributed by atoms with E-state index in [1.807, 2.05) is 0 Å². The summed E-state index contributed by atoms with van der Waals surface area (Å²) in [6.45, 7) is 2.38. The van der Waals surface area contributed by atoms with Gasteiger partial charge in [-0.15, -0.1) is 0 Å². The van der Waals surface area contributed by atoms with Crippen molar-refractivity contribution >= 4 is 12.0 Å². The number of aliphatic carboxylic acids is 1. The summed E-state index contributed by atoms with van der Waals surface area (Å²) in [6.07, 6.45) is 3.05. The fraction of sp³-hybridized carbons (Fsp3) is 0.857. The van der Waals surface area contributed by atoms with E-state index >= 15 is 0 Å². The molecule has 2 N–H and O–H groups in total. The molecule has 7 heteroatoms. The maximum atomic E-state index is 12.1. The second kappa shape index (κ2) is 7.09. The molecule has 0 unspecified atom stereocenters. The molecule has 1 aliphatic heterocycles. The van der Waals surface area contributed by atoms with Gasteiger partial charge < -0.3 is 24.8 Å². The summed E-state index contributed by atoms with van der Waals surface area (Å²) in [6, 6.07) is -0.380. The Morgan fingerprint density at radius 1 is 1.38 bits per heavy atom. The zero-order valence-corrected chi connectivity index (χ0v) is 12.5. The Morgan fingerprint density at radius 3 is 2.62 bits per heavy atom. The zero-order chi connectivity index (χ0) is 15.3. The first-order valence-electron chi connectivity index (χ1n) is 7.46. The Kier molecular flexibility index (Phi) is 5.41. The molecule has 1 saturated heterocycles. The van der Waals surface area contributed by atoms with E-state index in [0.29, 0.717) is 45.1 Å². The number of carboxylic acid groups (broad SMARTS) is 1. The minimum absolute atomic E-state index is 0.292. The van der Waals surface area contributed by atoms with Crippen molar-refractivity contribution in [1.29, 1.82) is 0 Å². The van der Waals surface area contributed by atoms with Crippen LogP contribution in [0.1, 0.15) is 25.7 Å². The molecular formula is C14H24N2O5. The van der Waals surface area contributed by atoms with Gasteiger partial charge >= 0.3 is 12.0 Å². The minimum Gasteiger partial charge on any atom is -0.480 e. The molecule has 0 radical (unpaired) electrons. The van der Waals surface area contributed by atoms with E-state index in [-0.39, 0.29) is 6.03 Å². The van der Waals surface area contributed by atoms with Crippen LogP contribution in [-0.4, -0.2) is 67.6 Å². The van der Waals surface area contributed by atoms with Crippen LogP contribution >= 0.6 is 0 Å². The number of carbonyl (C=O) groups excluding carboxylic acids is 1. The van der Waals surface area contributed by atoms with Crippen LogP contribution in [-0.2, 0) is 14.3 Å². The van der Waals surface area contributed by atoms with Crippen molar-refractivity contribution in [2.24, 2.45) is 5.92 Å². The molecule has 2 aliphatic rings. The van der Waals surface area contributed by atoms with Crippen molar-refractivity contribution in [3.63, 3.8) is 0 Å². The minimum atomic E-state index is -1.21. The number of hydrogen-bond donors (Lipinski definition) is 2. The van der Waals surface area contributed by atoms with E-state index in [9.17, 15) is 14.7 Å². The molecule has 0 bridgehead atoms. The predicted molar refractivity (Wildman–Crippen MR) is 75.1 cm³/mol. The van der Waals surface area contributed by atoms with E-state index in [2.05, 4.69) is 5.32 Å². The average molecular weight is 300 g/mol. The third-order valence-corrected chi connectivity index (χ3v) is 4.07. The number of carbonyl (C=O) groups is 2. The first kappa shape index (κ1) is 16.0. The summed E-state index contributed by atoms with van der Waals surface area (Å²) >= 11 is 0. The van der Waals surface area contributed by atoms with E-state index in [0.717, 1.165) is 6.61 Å². The number of ether oxygens (including phenoxy) is 2.